The first-order chi connectivity index (χ1) is 26.1. The fraction of sp³-hybridized carbons (Fsp3) is 1.00. The van der Waals surface area contributed by atoms with Gasteiger partial charge in [-0.2, -0.15) is 0 Å². The Hall–Kier alpha value is 0. The lowest BCUT2D eigenvalue weighted by atomic mass is 9.69. The van der Waals surface area contributed by atoms with Crippen molar-refractivity contribution in [3.05, 3.63) is 0 Å². The van der Waals surface area contributed by atoms with Gasteiger partial charge < -0.3 is 0 Å². The standard InChI is InChI=1S/C17H32.C13H24.C9H18.C8H16.3C2H6/c1-15-9-7-13-17(14-8-10-15)16-11-5-3-2-4-6-12-16;1-11-6-3-2-4-7-13(10-11)12-8-5-9-12;1-9-7-5-3-2-4-6-8-9;1-2-4-6-8-7-5-3-1;3*1-2/h15-17H,2-14H2,1H3;11-13H,2-10H2,1H3;9H,2-8H2,1H3;1-8H2;3*1-2H3. The third-order valence-electron chi connectivity index (χ3n) is 14.0. The molecule has 0 N–H and O–H groups in total. The highest BCUT2D eigenvalue weighted by atomic mass is 14.3. The molecule has 0 aromatic heterocycles. The van der Waals surface area contributed by atoms with E-state index in [1.54, 1.807) is 51.4 Å². The van der Waals surface area contributed by atoms with Crippen molar-refractivity contribution in [1.82, 2.24) is 0 Å². The Balaban J connectivity index is 0.000000671. The predicted molar refractivity (Wildman–Crippen MR) is 246 cm³/mol. The first-order valence-electron chi connectivity index (χ1n) is 26.1. The Kier molecular flexibility index (Phi) is 40.2. The van der Waals surface area contributed by atoms with E-state index in [0.29, 0.717) is 0 Å². The monoisotopic (exact) mass is 745 g/mol. The zero-order valence-electron chi connectivity index (χ0n) is 39.2. The molecule has 2 unspecified atom stereocenters. The Bertz CT molecular complexity index is 626. The zero-order valence-corrected chi connectivity index (χ0v) is 39.2. The number of rotatable bonds is 2. The molecule has 0 aromatic rings. The summed E-state index contributed by atoms with van der Waals surface area (Å²) >= 11 is 0. The highest BCUT2D eigenvalue weighted by Crippen LogP contribution is 2.41. The minimum atomic E-state index is 1.01. The summed E-state index contributed by atoms with van der Waals surface area (Å²) in [5.74, 6) is 7.50. The van der Waals surface area contributed by atoms with Crippen LogP contribution in [0.3, 0.4) is 0 Å². The molecule has 0 saturated heterocycles. The van der Waals surface area contributed by atoms with Gasteiger partial charge in [0.1, 0.15) is 0 Å². The highest BCUT2D eigenvalue weighted by molar-refractivity contribution is 4.80. The van der Waals surface area contributed by atoms with Gasteiger partial charge in [-0.1, -0.05) is 293 Å². The first kappa shape index (κ1) is 53.0. The number of hydrogen-bond donors (Lipinski definition) is 0. The van der Waals surface area contributed by atoms with Crippen LogP contribution in [-0.4, -0.2) is 0 Å². The summed E-state index contributed by atoms with van der Waals surface area (Å²) in [5.41, 5.74) is 0. The Morgan fingerprint density at radius 3 is 0.717 bits per heavy atom. The largest absolute Gasteiger partial charge is 0.0683 e. The van der Waals surface area contributed by atoms with E-state index in [1.165, 1.54) is 186 Å². The third kappa shape index (κ3) is 29.8. The quantitative estimate of drug-likeness (QED) is 0.264. The van der Waals surface area contributed by atoms with Gasteiger partial charge in [-0.3, -0.25) is 0 Å². The van der Waals surface area contributed by atoms with Crippen LogP contribution >= 0.6 is 0 Å². The van der Waals surface area contributed by atoms with Crippen molar-refractivity contribution in [3.8, 4) is 0 Å². The van der Waals surface area contributed by atoms with E-state index >= 15 is 0 Å². The summed E-state index contributed by atoms with van der Waals surface area (Å²) < 4.78 is 0. The van der Waals surface area contributed by atoms with Gasteiger partial charge >= 0.3 is 0 Å². The van der Waals surface area contributed by atoms with Crippen molar-refractivity contribution < 1.29 is 0 Å². The molecule has 0 spiro atoms. The molecule has 6 aliphatic carbocycles. The van der Waals surface area contributed by atoms with Gasteiger partial charge in [0.05, 0.1) is 0 Å². The van der Waals surface area contributed by atoms with Gasteiger partial charge in [-0.25, -0.2) is 0 Å². The molecule has 320 valence electrons. The van der Waals surface area contributed by atoms with E-state index in [1.807, 2.05) is 41.5 Å². The molecular weight excluding hydrogens is 637 g/mol. The Morgan fingerprint density at radius 1 is 0.189 bits per heavy atom. The van der Waals surface area contributed by atoms with Gasteiger partial charge in [0.15, 0.2) is 0 Å². The van der Waals surface area contributed by atoms with Gasteiger partial charge in [0, 0.05) is 0 Å². The van der Waals surface area contributed by atoms with Crippen molar-refractivity contribution in [2.75, 3.05) is 0 Å². The maximum Gasteiger partial charge on any atom is -0.0383 e. The maximum absolute atomic E-state index is 2.47. The van der Waals surface area contributed by atoms with Gasteiger partial charge in [0.25, 0.3) is 0 Å². The average molecular weight is 745 g/mol. The van der Waals surface area contributed by atoms with Crippen molar-refractivity contribution in [3.63, 3.8) is 0 Å². The summed E-state index contributed by atoms with van der Waals surface area (Å²) in [4.78, 5) is 0. The highest BCUT2D eigenvalue weighted by Gasteiger charge is 2.28. The van der Waals surface area contributed by atoms with Gasteiger partial charge in [-0.15, -0.1) is 0 Å². The molecule has 0 heterocycles. The van der Waals surface area contributed by atoms with Crippen LogP contribution in [-0.2, 0) is 0 Å². The summed E-state index contributed by atoms with van der Waals surface area (Å²) in [6.45, 7) is 19.3. The molecule has 6 saturated carbocycles. The smallest absolute Gasteiger partial charge is 0.0383 e. The Labute approximate surface area is 340 Å². The van der Waals surface area contributed by atoms with E-state index in [9.17, 15) is 0 Å². The van der Waals surface area contributed by atoms with Crippen LogP contribution in [0.5, 0.6) is 0 Å². The molecule has 0 aliphatic heterocycles. The van der Waals surface area contributed by atoms with Crippen LogP contribution < -0.4 is 0 Å². The molecule has 6 fully saturated rings. The molecule has 0 nitrogen and oxygen atoms in total. The van der Waals surface area contributed by atoms with Crippen molar-refractivity contribution >= 4 is 0 Å². The van der Waals surface area contributed by atoms with E-state index < -0.39 is 0 Å². The zero-order chi connectivity index (χ0) is 39.2. The minimum Gasteiger partial charge on any atom is -0.0683 e. The summed E-state index contributed by atoms with van der Waals surface area (Å²) in [6, 6.07) is 0. The molecular formula is C53H108. The summed E-state index contributed by atoms with van der Waals surface area (Å²) in [7, 11) is 0. The molecule has 2 atom stereocenters. The lowest BCUT2D eigenvalue weighted by Gasteiger charge is -2.36. The van der Waals surface area contributed by atoms with E-state index in [0.717, 1.165) is 41.4 Å². The first-order valence-corrected chi connectivity index (χ1v) is 26.1. The molecule has 0 aromatic carbocycles. The molecule has 0 bridgehead atoms. The lowest BCUT2D eigenvalue weighted by Crippen LogP contribution is -2.24. The fourth-order valence-electron chi connectivity index (χ4n) is 10.4. The van der Waals surface area contributed by atoms with Crippen LogP contribution in [0.2, 0.25) is 0 Å². The van der Waals surface area contributed by atoms with Crippen LogP contribution in [0.4, 0.5) is 0 Å². The van der Waals surface area contributed by atoms with Crippen molar-refractivity contribution in [1.29, 1.82) is 0 Å². The molecule has 0 heteroatoms. The second-order valence-corrected chi connectivity index (χ2v) is 18.5. The third-order valence-corrected chi connectivity index (χ3v) is 14.0. The average Bonchev–Trinajstić information content (AvgIpc) is 3.09. The SMILES string of the molecule is C1CCCCCCC1.CC.CC.CC.CC1CCCC(C2CCCCCCC2)CCC1.CC1CCCCCC(C2CCC2)C1.CC1CCCCCCC1. The topological polar surface area (TPSA) is 0 Å². The molecule has 6 aliphatic rings. The van der Waals surface area contributed by atoms with E-state index in [4.69, 9.17) is 0 Å². The lowest BCUT2D eigenvalue weighted by molar-refractivity contribution is 0.153. The van der Waals surface area contributed by atoms with Gasteiger partial charge in [0.2, 0.25) is 0 Å². The Morgan fingerprint density at radius 2 is 0.377 bits per heavy atom. The van der Waals surface area contributed by atoms with Crippen LogP contribution in [0, 0.1) is 41.4 Å². The van der Waals surface area contributed by atoms with Gasteiger partial charge in [-0.05, 0) is 47.8 Å². The normalized spacial score (nSPS) is 28.5. The summed E-state index contributed by atoms with van der Waals surface area (Å²) in [6.07, 6.45) is 56.0. The minimum absolute atomic E-state index is 1.01. The molecule has 0 radical (unpaired) electrons. The van der Waals surface area contributed by atoms with E-state index in [-0.39, 0.29) is 0 Å². The molecule has 53 heavy (non-hydrogen) atoms. The van der Waals surface area contributed by atoms with Crippen molar-refractivity contribution in [2.24, 2.45) is 41.4 Å². The molecule has 0 amide bonds. The molecule has 6 rings (SSSR count). The second kappa shape index (κ2) is 40.2. The van der Waals surface area contributed by atoms with Crippen LogP contribution in [0.25, 0.3) is 0 Å². The number of hydrogen-bond acceptors (Lipinski definition) is 0. The van der Waals surface area contributed by atoms with Crippen LogP contribution in [0.1, 0.15) is 300 Å². The maximum atomic E-state index is 2.47. The van der Waals surface area contributed by atoms with Crippen LogP contribution in [0.15, 0.2) is 0 Å². The van der Waals surface area contributed by atoms with Crippen molar-refractivity contribution in [2.45, 2.75) is 300 Å². The summed E-state index contributed by atoms with van der Waals surface area (Å²) in [5, 5.41) is 0. The fourth-order valence-corrected chi connectivity index (χ4v) is 10.4. The second-order valence-electron chi connectivity index (χ2n) is 18.5. The van der Waals surface area contributed by atoms with E-state index in [2.05, 4.69) is 20.8 Å². The predicted octanol–water partition coefficient (Wildman–Crippen LogP) is 19.9.